The number of hydrogen-bond acceptors (Lipinski definition) is 2. The number of halogens is 2. The van der Waals surface area contributed by atoms with Crippen molar-refractivity contribution < 1.29 is 4.79 Å². The van der Waals surface area contributed by atoms with Crippen LogP contribution in [0.3, 0.4) is 0 Å². The molecule has 2 unspecified atom stereocenters. The number of rotatable bonds is 4. The van der Waals surface area contributed by atoms with Gasteiger partial charge in [0, 0.05) is 19.6 Å². The van der Waals surface area contributed by atoms with Gasteiger partial charge in [0.05, 0.1) is 16.6 Å². The predicted octanol–water partition coefficient (Wildman–Crippen LogP) is 3.93. The predicted molar refractivity (Wildman–Crippen MR) is 92.3 cm³/mol. The molecule has 1 aliphatic heterocycles. The van der Waals surface area contributed by atoms with Crippen molar-refractivity contribution in [2.75, 3.05) is 26.7 Å². The lowest BCUT2D eigenvalue weighted by Gasteiger charge is -2.35. The Labute approximate surface area is 143 Å². The van der Waals surface area contributed by atoms with Crippen LogP contribution in [0.1, 0.15) is 25.8 Å². The van der Waals surface area contributed by atoms with Crippen molar-refractivity contribution in [2.24, 2.45) is 11.8 Å². The second-order valence-corrected chi connectivity index (χ2v) is 7.48. The molecule has 1 aromatic carbocycles. The lowest BCUT2D eigenvalue weighted by atomic mass is 9.92. The molecule has 0 N–H and O–H groups in total. The Morgan fingerprint density at radius 2 is 1.86 bits per heavy atom. The quantitative estimate of drug-likeness (QED) is 0.827. The van der Waals surface area contributed by atoms with E-state index in [0.717, 1.165) is 18.7 Å². The lowest BCUT2D eigenvalue weighted by molar-refractivity contribution is -0.134. The van der Waals surface area contributed by atoms with Crippen molar-refractivity contribution in [3.63, 3.8) is 0 Å². The van der Waals surface area contributed by atoms with Crippen LogP contribution in [-0.2, 0) is 11.3 Å². The Morgan fingerprint density at radius 3 is 2.45 bits per heavy atom. The maximum absolute atomic E-state index is 12.4. The molecule has 1 aliphatic rings. The number of nitrogens with zero attached hydrogens (tertiary/aromatic N) is 2. The highest BCUT2D eigenvalue weighted by atomic mass is 35.5. The second kappa shape index (κ2) is 7.67. The van der Waals surface area contributed by atoms with Gasteiger partial charge in [-0.1, -0.05) is 43.1 Å². The first-order valence-electron chi connectivity index (χ1n) is 7.75. The van der Waals surface area contributed by atoms with Gasteiger partial charge in [0.25, 0.3) is 0 Å². The Morgan fingerprint density at radius 1 is 1.23 bits per heavy atom. The van der Waals surface area contributed by atoms with Crippen molar-refractivity contribution in [3.05, 3.63) is 33.8 Å². The van der Waals surface area contributed by atoms with E-state index in [-0.39, 0.29) is 5.91 Å². The molecule has 22 heavy (non-hydrogen) atoms. The van der Waals surface area contributed by atoms with Crippen LogP contribution < -0.4 is 0 Å². The molecule has 5 heteroatoms. The molecule has 1 amide bonds. The lowest BCUT2D eigenvalue weighted by Crippen LogP contribution is -2.46. The minimum atomic E-state index is 0.209. The van der Waals surface area contributed by atoms with Crippen LogP contribution in [0.25, 0.3) is 0 Å². The molecule has 0 saturated carbocycles. The molecular formula is C17H24Cl2N2O. The van der Waals surface area contributed by atoms with E-state index in [1.54, 1.807) is 6.07 Å². The topological polar surface area (TPSA) is 23.6 Å². The van der Waals surface area contributed by atoms with Gasteiger partial charge in [-0.15, -0.1) is 0 Å². The normalized spacial score (nSPS) is 22.2. The zero-order valence-corrected chi connectivity index (χ0v) is 15.0. The molecule has 0 spiro atoms. The number of hydrogen-bond donors (Lipinski definition) is 0. The van der Waals surface area contributed by atoms with Gasteiger partial charge in [-0.25, -0.2) is 0 Å². The summed E-state index contributed by atoms with van der Waals surface area (Å²) < 4.78 is 0. The SMILES string of the molecule is CC1CC(C)CN(C(=O)CN(C)Cc2ccc(Cl)c(Cl)c2)C1. The Bertz CT molecular complexity index is 525. The van der Waals surface area contributed by atoms with Crippen molar-refractivity contribution in [3.8, 4) is 0 Å². The van der Waals surface area contributed by atoms with Gasteiger partial charge in [-0.05, 0) is 43.0 Å². The molecular weight excluding hydrogens is 319 g/mol. The monoisotopic (exact) mass is 342 g/mol. The molecule has 0 aromatic heterocycles. The Hall–Kier alpha value is -0.770. The molecule has 0 aliphatic carbocycles. The molecule has 2 atom stereocenters. The molecule has 1 saturated heterocycles. The van der Waals surface area contributed by atoms with Gasteiger partial charge in [0.15, 0.2) is 0 Å². The van der Waals surface area contributed by atoms with Crippen LogP contribution in [0.5, 0.6) is 0 Å². The number of carbonyl (C=O) groups excluding carboxylic acids is 1. The highest BCUT2D eigenvalue weighted by Crippen LogP contribution is 2.23. The van der Waals surface area contributed by atoms with Gasteiger partial charge >= 0.3 is 0 Å². The highest BCUT2D eigenvalue weighted by molar-refractivity contribution is 6.42. The second-order valence-electron chi connectivity index (χ2n) is 6.67. The van der Waals surface area contributed by atoms with Crippen LogP contribution in [0.4, 0.5) is 0 Å². The van der Waals surface area contributed by atoms with Crippen LogP contribution in [0, 0.1) is 11.8 Å². The molecule has 2 rings (SSSR count). The van der Waals surface area contributed by atoms with Crippen molar-refractivity contribution in [1.29, 1.82) is 0 Å². The average molecular weight is 343 g/mol. The van der Waals surface area contributed by atoms with E-state index in [2.05, 4.69) is 13.8 Å². The van der Waals surface area contributed by atoms with Crippen molar-refractivity contribution in [2.45, 2.75) is 26.8 Å². The van der Waals surface area contributed by atoms with Crippen molar-refractivity contribution >= 4 is 29.1 Å². The first-order valence-corrected chi connectivity index (χ1v) is 8.51. The van der Waals surface area contributed by atoms with Gasteiger partial charge in [-0.2, -0.15) is 0 Å². The molecule has 1 aromatic rings. The molecule has 1 fully saturated rings. The zero-order valence-electron chi connectivity index (χ0n) is 13.5. The van der Waals surface area contributed by atoms with E-state index < -0.39 is 0 Å². The minimum absolute atomic E-state index is 0.209. The largest absolute Gasteiger partial charge is 0.341 e. The van der Waals surface area contributed by atoms with Gasteiger partial charge in [-0.3, -0.25) is 9.69 Å². The van der Waals surface area contributed by atoms with Crippen LogP contribution in [0.15, 0.2) is 18.2 Å². The fourth-order valence-electron chi connectivity index (χ4n) is 3.20. The van der Waals surface area contributed by atoms with Crippen LogP contribution in [-0.4, -0.2) is 42.4 Å². The fraction of sp³-hybridized carbons (Fsp3) is 0.588. The molecule has 0 bridgehead atoms. The maximum Gasteiger partial charge on any atom is 0.236 e. The van der Waals surface area contributed by atoms with E-state index in [0.29, 0.717) is 35.0 Å². The molecule has 0 radical (unpaired) electrons. The average Bonchev–Trinajstić information content (AvgIpc) is 2.41. The summed E-state index contributed by atoms with van der Waals surface area (Å²) in [5.74, 6) is 1.39. The molecule has 122 valence electrons. The zero-order chi connectivity index (χ0) is 16.3. The van der Waals surface area contributed by atoms with E-state index in [1.807, 2.05) is 29.0 Å². The van der Waals surface area contributed by atoms with E-state index in [1.165, 1.54) is 6.42 Å². The molecule has 3 nitrogen and oxygen atoms in total. The molecule has 1 heterocycles. The number of piperidine rings is 1. The summed E-state index contributed by atoms with van der Waals surface area (Å²) in [4.78, 5) is 16.5. The fourth-order valence-corrected chi connectivity index (χ4v) is 3.52. The first-order chi connectivity index (χ1) is 10.3. The summed E-state index contributed by atoms with van der Waals surface area (Å²) in [5, 5.41) is 1.11. The summed E-state index contributed by atoms with van der Waals surface area (Å²) in [6.45, 7) is 7.31. The highest BCUT2D eigenvalue weighted by Gasteiger charge is 2.25. The number of carbonyl (C=O) groups is 1. The standard InChI is InChI=1S/C17H24Cl2N2O/c1-12-6-13(2)9-21(8-12)17(22)11-20(3)10-14-4-5-15(18)16(19)7-14/h4-5,7,12-13H,6,8-11H2,1-3H3. The Kier molecular flexibility index (Phi) is 6.13. The summed E-state index contributed by atoms with van der Waals surface area (Å²) in [5.41, 5.74) is 1.06. The summed E-state index contributed by atoms with van der Waals surface area (Å²) in [6.07, 6.45) is 1.21. The van der Waals surface area contributed by atoms with Crippen molar-refractivity contribution in [1.82, 2.24) is 9.80 Å². The third-order valence-electron chi connectivity index (χ3n) is 4.06. The number of likely N-dealkylation sites (N-methyl/N-ethyl adjacent to an activating group) is 1. The smallest absolute Gasteiger partial charge is 0.236 e. The third-order valence-corrected chi connectivity index (χ3v) is 4.80. The third kappa shape index (κ3) is 4.87. The van der Waals surface area contributed by atoms with Crippen LogP contribution in [0.2, 0.25) is 10.0 Å². The summed E-state index contributed by atoms with van der Waals surface area (Å²) in [6, 6.07) is 5.60. The number of amides is 1. The minimum Gasteiger partial charge on any atom is -0.341 e. The maximum atomic E-state index is 12.4. The van der Waals surface area contributed by atoms with E-state index in [9.17, 15) is 4.79 Å². The van der Waals surface area contributed by atoms with Crippen LogP contribution >= 0.6 is 23.2 Å². The summed E-state index contributed by atoms with van der Waals surface area (Å²) in [7, 11) is 1.96. The number of benzene rings is 1. The van der Waals surface area contributed by atoms with Gasteiger partial charge in [0.1, 0.15) is 0 Å². The Balaban J connectivity index is 1.89. The first kappa shape index (κ1) is 17.6. The van der Waals surface area contributed by atoms with Gasteiger partial charge in [0.2, 0.25) is 5.91 Å². The van der Waals surface area contributed by atoms with Gasteiger partial charge < -0.3 is 4.90 Å². The summed E-state index contributed by atoms with van der Waals surface area (Å²) >= 11 is 12.0. The van der Waals surface area contributed by atoms with E-state index >= 15 is 0 Å². The van der Waals surface area contributed by atoms with E-state index in [4.69, 9.17) is 23.2 Å². The number of likely N-dealkylation sites (tertiary alicyclic amines) is 1.